The lowest BCUT2D eigenvalue weighted by molar-refractivity contribution is -0.150. The molecule has 4 bridgehead atoms. The molecule has 5 nitrogen and oxygen atoms in total. The number of benzene rings is 1. The van der Waals surface area contributed by atoms with Crippen LogP contribution in [-0.2, 0) is 10.3 Å². The van der Waals surface area contributed by atoms with Gasteiger partial charge in [0.2, 0.25) is 5.91 Å². The molecular formula is C21H26ClN3O2. The molecule has 27 heavy (non-hydrogen) atoms. The number of nitrogens with zero attached hydrogens (tertiary/aromatic N) is 1. The fourth-order valence-corrected chi connectivity index (χ4v) is 6.99. The zero-order chi connectivity index (χ0) is 19.0. The maximum atomic E-state index is 13.0. The summed E-state index contributed by atoms with van der Waals surface area (Å²) in [5.74, 6) is 1.23. The number of urea groups is 1. The summed E-state index contributed by atoms with van der Waals surface area (Å²) in [6.07, 6.45) is 4.88. The number of amides is 3. The average Bonchev–Trinajstić information content (AvgIpc) is 2.90. The second-order valence-corrected chi connectivity index (χ2v) is 9.94. The summed E-state index contributed by atoms with van der Waals surface area (Å²) >= 11 is 6.18. The quantitative estimate of drug-likeness (QED) is 0.835. The van der Waals surface area contributed by atoms with Gasteiger partial charge in [0.25, 0.3) is 0 Å². The van der Waals surface area contributed by atoms with Gasteiger partial charge in [-0.15, -0.1) is 0 Å². The van der Waals surface area contributed by atoms with Gasteiger partial charge in [0.05, 0.1) is 5.54 Å². The van der Waals surface area contributed by atoms with Crippen LogP contribution >= 0.6 is 11.6 Å². The Labute approximate surface area is 164 Å². The molecule has 3 N–H and O–H groups in total. The molecule has 3 atom stereocenters. The smallest absolute Gasteiger partial charge is 0.318 e. The Hall–Kier alpha value is -1.75. The minimum absolute atomic E-state index is 0.00285. The van der Waals surface area contributed by atoms with Crippen LogP contribution in [0.4, 0.5) is 4.79 Å². The lowest BCUT2D eigenvalue weighted by Crippen LogP contribution is -2.62. The molecule has 1 heterocycles. The number of halogens is 1. The molecule has 6 heteroatoms. The summed E-state index contributed by atoms with van der Waals surface area (Å²) in [4.78, 5) is 27.2. The van der Waals surface area contributed by atoms with E-state index in [9.17, 15) is 9.59 Å². The van der Waals surface area contributed by atoms with Gasteiger partial charge in [0.1, 0.15) is 0 Å². The van der Waals surface area contributed by atoms with Gasteiger partial charge in [0.15, 0.2) is 0 Å². The van der Waals surface area contributed by atoms with Crippen molar-refractivity contribution in [2.45, 2.75) is 50.6 Å². The van der Waals surface area contributed by atoms with Crippen molar-refractivity contribution in [3.05, 3.63) is 34.9 Å². The molecule has 1 aliphatic heterocycles. The van der Waals surface area contributed by atoms with E-state index in [0.717, 1.165) is 37.7 Å². The molecule has 4 saturated carbocycles. The maximum absolute atomic E-state index is 13.0. The van der Waals surface area contributed by atoms with Crippen molar-refractivity contribution in [1.82, 2.24) is 10.2 Å². The summed E-state index contributed by atoms with van der Waals surface area (Å²) < 4.78 is 0. The van der Waals surface area contributed by atoms with E-state index < -0.39 is 5.54 Å². The van der Waals surface area contributed by atoms with Crippen molar-refractivity contribution in [3.8, 4) is 0 Å². The molecular weight excluding hydrogens is 362 g/mol. The van der Waals surface area contributed by atoms with Gasteiger partial charge in [-0.1, -0.05) is 23.7 Å². The van der Waals surface area contributed by atoms with Crippen molar-refractivity contribution in [2.75, 3.05) is 6.54 Å². The van der Waals surface area contributed by atoms with Crippen LogP contribution in [0.5, 0.6) is 0 Å². The monoisotopic (exact) mass is 387 g/mol. The highest BCUT2D eigenvalue weighted by molar-refractivity contribution is 6.30. The van der Waals surface area contributed by atoms with Gasteiger partial charge < -0.3 is 16.0 Å². The molecule has 3 unspecified atom stereocenters. The zero-order valence-corrected chi connectivity index (χ0v) is 16.3. The predicted octanol–water partition coefficient (Wildman–Crippen LogP) is 3.26. The molecule has 5 aliphatic rings. The number of carbonyl (C=O) groups excluding carboxylic acids is 2. The number of hydrogen-bond donors (Lipinski definition) is 2. The van der Waals surface area contributed by atoms with Crippen LogP contribution in [0.15, 0.2) is 24.3 Å². The SMILES string of the molecule is CC1(c2cccc(Cl)c2)CN(C2C3CC4CC2CC(C(N)=O)(C4)C3)C(=O)N1. The first-order valence-electron chi connectivity index (χ1n) is 9.94. The standard InChI is InChI=1S/C21H26ClN3O2/c1-20(15-3-2-4-16(22)7-15)11-25(19(27)24-20)17-13-5-12-6-14(17)10-21(8-12,9-13)18(23)26/h2-4,7,12-14,17H,5-6,8-11H2,1H3,(H2,23,26)(H,24,27). The fourth-order valence-electron chi connectivity index (χ4n) is 6.80. The number of nitrogens with one attached hydrogen (secondary N) is 1. The second-order valence-electron chi connectivity index (χ2n) is 9.51. The van der Waals surface area contributed by atoms with E-state index in [1.165, 1.54) is 0 Å². The third-order valence-corrected chi connectivity index (χ3v) is 7.93. The number of rotatable bonds is 3. The van der Waals surface area contributed by atoms with E-state index in [1.54, 1.807) is 0 Å². The maximum Gasteiger partial charge on any atom is 0.318 e. The molecule has 1 saturated heterocycles. The van der Waals surface area contributed by atoms with Crippen molar-refractivity contribution < 1.29 is 9.59 Å². The van der Waals surface area contributed by atoms with E-state index in [4.69, 9.17) is 17.3 Å². The summed E-state index contributed by atoms with van der Waals surface area (Å²) in [6.45, 7) is 2.70. The van der Waals surface area contributed by atoms with Gasteiger partial charge >= 0.3 is 6.03 Å². The first kappa shape index (κ1) is 17.4. The fraction of sp³-hybridized carbons (Fsp3) is 0.619. The number of carbonyl (C=O) groups is 2. The molecule has 1 aromatic carbocycles. The summed E-state index contributed by atoms with van der Waals surface area (Å²) in [5, 5.41) is 3.88. The van der Waals surface area contributed by atoms with Crippen LogP contribution in [0.2, 0.25) is 5.02 Å². The first-order chi connectivity index (χ1) is 12.8. The van der Waals surface area contributed by atoms with Crippen molar-refractivity contribution in [2.24, 2.45) is 28.9 Å². The number of hydrogen-bond acceptors (Lipinski definition) is 2. The van der Waals surface area contributed by atoms with E-state index in [-0.39, 0.29) is 23.4 Å². The number of primary amides is 1. The van der Waals surface area contributed by atoms with Crippen molar-refractivity contribution >= 4 is 23.5 Å². The summed E-state index contributed by atoms with van der Waals surface area (Å²) in [6, 6.07) is 7.96. The van der Waals surface area contributed by atoms with Crippen LogP contribution in [0.25, 0.3) is 0 Å². The van der Waals surface area contributed by atoms with Gasteiger partial charge in [0, 0.05) is 23.0 Å². The Morgan fingerprint density at radius 3 is 2.59 bits per heavy atom. The Morgan fingerprint density at radius 2 is 1.96 bits per heavy atom. The normalized spacial score (nSPS) is 42.4. The summed E-state index contributed by atoms with van der Waals surface area (Å²) in [5.41, 5.74) is 6.07. The molecule has 144 valence electrons. The van der Waals surface area contributed by atoms with Gasteiger partial charge in [-0.05, 0) is 74.5 Å². The lowest BCUT2D eigenvalue weighted by atomic mass is 9.47. The van der Waals surface area contributed by atoms with Crippen LogP contribution in [0.1, 0.15) is 44.6 Å². The Morgan fingerprint density at radius 1 is 1.26 bits per heavy atom. The Balaban J connectivity index is 1.43. The van der Waals surface area contributed by atoms with E-state index in [1.807, 2.05) is 29.2 Å². The average molecular weight is 388 g/mol. The van der Waals surface area contributed by atoms with Gasteiger partial charge in [-0.3, -0.25) is 4.79 Å². The minimum atomic E-state index is -0.446. The Bertz CT molecular complexity index is 811. The minimum Gasteiger partial charge on any atom is -0.369 e. The topological polar surface area (TPSA) is 75.4 Å². The van der Waals surface area contributed by atoms with Crippen molar-refractivity contribution in [3.63, 3.8) is 0 Å². The molecule has 0 aromatic heterocycles. The number of nitrogens with two attached hydrogens (primary N) is 1. The highest BCUT2D eigenvalue weighted by Gasteiger charge is 2.60. The van der Waals surface area contributed by atoms with Crippen LogP contribution < -0.4 is 11.1 Å². The van der Waals surface area contributed by atoms with Gasteiger partial charge in [-0.2, -0.15) is 0 Å². The molecule has 1 aromatic rings. The predicted molar refractivity (Wildman–Crippen MR) is 103 cm³/mol. The van der Waals surface area contributed by atoms with Crippen LogP contribution in [-0.4, -0.2) is 29.4 Å². The summed E-state index contributed by atoms with van der Waals surface area (Å²) in [7, 11) is 0. The molecule has 5 fully saturated rings. The van der Waals surface area contributed by atoms with E-state index in [2.05, 4.69) is 12.2 Å². The van der Waals surface area contributed by atoms with Gasteiger partial charge in [-0.25, -0.2) is 4.79 Å². The molecule has 6 rings (SSSR count). The highest BCUT2D eigenvalue weighted by Crippen LogP contribution is 2.61. The molecule has 0 radical (unpaired) electrons. The third kappa shape index (κ3) is 2.50. The third-order valence-electron chi connectivity index (χ3n) is 7.70. The highest BCUT2D eigenvalue weighted by atomic mass is 35.5. The zero-order valence-electron chi connectivity index (χ0n) is 15.6. The van der Waals surface area contributed by atoms with E-state index >= 15 is 0 Å². The molecule has 4 aliphatic carbocycles. The first-order valence-corrected chi connectivity index (χ1v) is 10.3. The van der Waals surface area contributed by atoms with Crippen molar-refractivity contribution in [1.29, 1.82) is 0 Å². The molecule has 0 spiro atoms. The van der Waals surface area contributed by atoms with Crippen LogP contribution in [0, 0.1) is 23.2 Å². The largest absolute Gasteiger partial charge is 0.369 e. The lowest BCUT2D eigenvalue weighted by Gasteiger charge is -2.60. The Kier molecular flexibility index (Phi) is 3.62. The molecule has 3 amide bonds. The second kappa shape index (κ2) is 5.63. The van der Waals surface area contributed by atoms with E-state index in [0.29, 0.717) is 29.3 Å². The van der Waals surface area contributed by atoms with Crippen LogP contribution in [0.3, 0.4) is 0 Å².